The fourth-order valence-electron chi connectivity index (χ4n) is 2.45. The monoisotopic (exact) mass is 406 g/mol. The first kappa shape index (κ1) is 20.1. The minimum atomic E-state index is -0.757. The predicted molar refractivity (Wildman–Crippen MR) is 108 cm³/mol. The number of nitrogens with zero attached hydrogens (tertiary/aromatic N) is 3. The van der Waals surface area contributed by atoms with E-state index in [9.17, 15) is 25.0 Å². The van der Waals surface area contributed by atoms with Gasteiger partial charge in [-0.05, 0) is 35.9 Å². The van der Waals surface area contributed by atoms with E-state index in [1.807, 2.05) is 0 Å². The normalized spacial score (nSPS) is 10.5. The topological polar surface area (TPSA) is 137 Å². The first-order chi connectivity index (χ1) is 14.4. The molecule has 0 saturated heterocycles. The van der Waals surface area contributed by atoms with Crippen molar-refractivity contribution in [3.63, 3.8) is 0 Å². The molecule has 10 nitrogen and oxygen atoms in total. The number of benzene rings is 3. The first-order valence-corrected chi connectivity index (χ1v) is 8.53. The van der Waals surface area contributed by atoms with Gasteiger partial charge >= 0.3 is 5.69 Å². The molecule has 150 valence electrons. The van der Waals surface area contributed by atoms with Crippen LogP contribution in [0, 0.1) is 20.2 Å². The molecule has 0 radical (unpaired) electrons. The van der Waals surface area contributed by atoms with Gasteiger partial charge in [-0.25, -0.2) is 5.43 Å². The van der Waals surface area contributed by atoms with E-state index < -0.39 is 21.2 Å². The van der Waals surface area contributed by atoms with Gasteiger partial charge in [-0.1, -0.05) is 30.3 Å². The summed E-state index contributed by atoms with van der Waals surface area (Å²) < 4.78 is 5.53. The molecule has 3 aromatic carbocycles. The average Bonchev–Trinajstić information content (AvgIpc) is 2.74. The van der Waals surface area contributed by atoms with Crippen LogP contribution in [0.2, 0.25) is 0 Å². The number of hydrogen-bond donors (Lipinski definition) is 1. The molecule has 10 heteroatoms. The Morgan fingerprint density at radius 3 is 2.40 bits per heavy atom. The Bertz CT molecular complexity index is 1130. The zero-order valence-corrected chi connectivity index (χ0v) is 15.3. The van der Waals surface area contributed by atoms with Crippen LogP contribution in [0.25, 0.3) is 0 Å². The Morgan fingerprint density at radius 2 is 1.70 bits per heavy atom. The molecule has 0 unspecified atom stereocenters. The quantitative estimate of drug-likeness (QED) is 0.357. The lowest BCUT2D eigenvalue weighted by Crippen LogP contribution is -2.17. The van der Waals surface area contributed by atoms with Gasteiger partial charge in [-0.3, -0.25) is 25.0 Å². The summed E-state index contributed by atoms with van der Waals surface area (Å²) in [7, 11) is 0. The van der Waals surface area contributed by atoms with Gasteiger partial charge in [0.25, 0.3) is 11.6 Å². The number of nitro groups is 2. The fraction of sp³-hybridized carbons (Fsp3) is 0. The summed E-state index contributed by atoms with van der Waals surface area (Å²) in [5.74, 6) is -0.261. The summed E-state index contributed by atoms with van der Waals surface area (Å²) in [5, 5.41) is 25.9. The van der Waals surface area contributed by atoms with Gasteiger partial charge in [-0.15, -0.1) is 0 Å². The molecule has 0 aliphatic carbocycles. The maximum Gasteiger partial charge on any atom is 0.318 e. The number of carbonyl (C=O) groups excluding carboxylic acids is 1. The lowest BCUT2D eigenvalue weighted by Gasteiger charge is -2.07. The van der Waals surface area contributed by atoms with Crippen molar-refractivity contribution in [3.05, 3.63) is 104 Å². The summed E-state index contributed by atoms with van der Waals surface area (Å²) in [6.45, 7) is 0. The van der Waals surface area contributed by atoms with Crippen LogP contribution in [0.4, 0.5) is 11.4 Å². The van der Waals surface area contributed by atoms with Gasteiger partial charge < -0.3 is 4.74 Å². The van der Waals surface area contributed by atoms with Gasteiger partial charge in [0.1, 0.15) is 5.75 Å². The number of nitro benzene ring substituents is 2. The third-order valence-corrected chi connectivity index (χ3v) is 3.85. The molecule has 0 aliphatic heterocycles. The van der Waals surface area contributed by atoms with Gasteiger partial charge in [0.15, 0.2) is 0 Å². The van der Waals surface area contributed by atoms with Crippen molar-refractivity contribution < 1.29 is 19.4 Å². The van der Waals surface area contributed by atoms with Crippen LogP contribution in [0.15, 0.2) is 77.9 Å². The fourth-order valence-corrected chi connectivity index (χ4v) is 2.45. The van der Waals surface area contributed by atoms with E-state index in [1.54, 1.807) is 54.6 Å². The number of hydrazone groups is 1. The summed E-state index contributed by atoms with van der Waals surface area (Å²) in [6.07, 6.45) is 1.39. The zero-order chi connectivity index (χ0) is 21.5. The number of carbonyl (C=O) groups is 1. The van der Waals surface area contributed by atoms with E-state index in [0.29, 0.717) is 11.1 Å². The molecule has 0 saturated carbocycles. The maximum atomic E-state index is 12.0. The molecular weight excluding hydrogens is 392 g/mol. The Balaban J connectivity index is 1.74. The SMILES string of the molecule is O=C(NN=Cc1cccc(Oc2ccc([N+](=O)[O-])cc2[N+](=O)[O-])c1)c1ccccc1. The smallest absolute Gasteiger partial charge is 0.318 e. The second kappa shape index (κ2) is 9.06. The molecule has 3 aromatic rings. The minimum Gasteiger partial charge on any atom is -0.450 e. The number of amides is 1. The van der Waals surface area contributed by atoms with E-state index in [2.05, 4.69) is 10.5 Å². The highest BCUT2D eigenvalue weighted by Crippen LogP contribution is 2.34. The number of hydrogen-bond acceptors (Lipinski definition) is 7. The van der Waals surface area contributed by atoms with E-state index >= 15 is 0 Å². The van der Waals surface area contributed by atoms with Crippen LogP contribution in [-0.4, -0.2) is 22.0 Å². The summed E-state index contributed by atoms with van der Waals surface area (Å²) in [5.41, 5.74) is 2.47. The van der Waals surface area contributed by atoms with Crippen molar-refractivity contribution in [3.8, 4) is 11.5 Å². The molecule has 0 aromatic heterocycles. The molecule has 0 heterocycles. The second-order valence-corrected chi connectivity index (χ2v) is 5.91. The number of nitrogens with one attached hydrogen (secondary N) is 1. The average molecular weight is 406 g/mol. The largest absolute Gasteiger partial charge is 0.450 e. The first-order valence-electron chi connectivity index (χ1n) is 8.53. The van der Waals surface area contributed by atoms with Gasteiger partial charge in [0, 0.05) is 11.6 Å². The van der Waals surface area contributed by atoms with Crippen molar-refractivity contribution in [2.75, 3.05) is 0 Å². The Labute approximate surface area is 169 Å². The van der Waals surface area contributed by atoms with Gasteiger partial charge in [-0.2, -0.15) is 5.10 Å². The number of ether oxygens (including phenoxy) is 1. The number of rotatable bonds is 7. The van der Waals surface area contributed by atoms with Crippen molar-refractivity contribution in [2.45, 2.75) is 0 Å². The maximum absolute atomic E-state index is 12.0. The summed E-state index contributed by atoms with van der Waals surface area (Å²) in [4.78, 5) is 32.5. The molecule has 30 heavy (non-hydrogen) atoms. The Morgan fingerprint density at radius 1 is 0.933 bits per heavy atom. The molecule has 0 spiro atoms. The molecular formula is C20H14N4O6. The van der Waals surface area contributed by atoms with Crippen LogP contribution in [-0.2, 0) is 0 Å². The van der Waals surface area contributed by atoms with Gasteiger partial charge in [0.05, 0.1) is 22.1 Å². The second-order valence-electron chi connectivity index (χ2n) is 5.91. The van der Waals surface area contributed by atoms with E-state index in [1.165, 1.54) is 6.21 Å². The van der Waals surface area contributed by atoms with E-state index in [-0.39, 0.29) is 17.4 Å². The van der Waals surface area contributed by atoms with Gasteiger partial charge in [0.2, 0.25) is 5.75 Å². The third kappa shape index (κ3) is 5.01. The van der Waals surface area contributed by atoms with Crippen molar-refractivity contribution >= 4 is 23.5 Å². The molecule has 0 bridgehead atoms. The van der Waals surface area contributed by atoms with Crippen molar-refractivity contribution in [1.29, 1.82) is 0 Å². The van der Waals surface area contributed by atoms with Crippen LogP contribution in [0.5, 0.6) is 11.5 Å². The predicted octanol–water partition coefficient (Wildman–Crippen LogP) is 4.06. The summed E-state index contributed by atoms with van der Waals surface area (Å²) in [6, 6.07) is 18.1. The van der Waals surface area contributed by atoms with Crippen LogP contribution in [0.1, 0.15) is 15.9 Å². The summed E-state index contributed by atoms with van der Waals surface area (Å²) >= 11 is 0. The molecule has 1 amide bonds. The minimum absolute atomic E-state index is 0.142. The highest BCUT2D eigenvalue weighted by Gasteiger charge is 2.21. The molecule has 0 fully saturated rings. The zero-order valence-electron chi connectivity index (χ0n) is 15.3. The molecule has 3 rings (SSSR count). The Kier molecular flexibility index (Phi) is 6.08. The van der Waals surface area contributed by atoms with Crippen LogP contribution in [0.3, 0.4) is 0 Å². The van der Waals surface area contributed by atoms with Crippen LogP contribution >= 0.6 is 0 Å². The Hall–Kier alpha value is -4.60. The highest BCUT2D eigenvalue weighted by atomic mass is 16.6. The molecule has 1 N–H and O–H groups in total. The van der Waals surface area contributed by atoms with E-state index in [4.69, 9.17) is 4.74 Å². The highest BCUT2D eigenvalue weighted by molar-refractivity contribution is 5.94. The van der Waals surface area contributed by atoms with Crippen molar-refractivity contribution in [2.24, 2.45) is 5.10 Å². The molecule has 0 atom stereocenters. The number of non-ortho nitro benzene ring substituents is 1. The lowest BCUT2D eigenvalue weighted by atomic mass is 10.2. The molecule has 0 aliphatic rings. The lowest BCUT2D eigenvalue weighted by molar-refractivity contribution is -0.394. The van der Waals surface area contributed by atoms with Crippen molar-refractivity contribution in [1.82, 2.24) is 5.43 Å². The third-order valence-electron chi connectivity index (χ3n) is 3.85. The standard InChI is InChI=1S/C20H14N4O6/c25-20(15-6-2-1-3-7-15)22-21-13-14-5-4-8-17(11-14)30-19-10-9-16(23(26)27)12-18(19)24(28)29/h1-13H,(H,22,25). The van der Waals surface area contributed by atoms with Crippen LogP contribution < -0.4 is 10.2 Å². The van der Waals surface area contributed by atoms with E-state index in [0.717, 1.165) is 18.2 Å².